The van der Waals surface area contributed by atoms with Crippen LogP contribution in [0.3, 0.4) is 0 Å². The minimum absolute atomic E-state index is 0.0713. The van der Waals surface area contributed by atoms with Gasteiger partial charge in [0.2, 0.25) is 10.0 Å². The molecule has 4 atom stereocenters. The van der Waals surface area contributed by atoms with E-state index in [9.17, 15) is 13.2 Å². The number of carbonyl (C=O) groups excluding carboxylic acids is 1. The number of hydrogen-bond donors (Lipinski definition) is 2. The number of amides is 1. The van der Waals surface area contributed by atoms with Crippen LogP contribution in [0.4, 0.5) is 0 Å². The summed E-state index contributed by atoms with van der Waals surface area (Å²) in [5.74, 6) is 0.935. The van der Waals surface area contributed by atoms with E-state index < -0.39 is 10.0 Å². The van der Waals surface area contributed by atoms with Crippen molar-refractivity contribution in [1.82, 2.24) is 14.8 Å². The molecule has 3 heterocycles. The van der Waals surface area contributed by atoms with E-state index in [0.717, 1.165) is 37.0 Å². The van der Waals surface area contributed by atoms with Crippen LogP contribution in [-0.4, -0.2) is 41.9 Å². The van der Waals surface area contributed by atoms with Gasteiger partial charge in [0.1, 0.15) is 5.76 Å². The topological polar surface area (TPSA) is 119 Å². The molecule has 2 aromatic rings. The van der Waals surface area contributed by atoms with Gasteiger partial charge < -0.3 is 15.6 Å². The lowest BCUT2D eigenvalue weighted by Crippen LogP contribution is -2.52. The fraction of sp³-hybridized carbons (Fsp3) is 0.545. The van der Waals surface area contributed by atoms with Crippen molar-refractivity contribution in [2.75, 3.05) is 0 Å². The Bertz CT molecular complexity index is 1060. The molecule has 1 unspecified atom stereocenters. The molecular weight excluding hydrogens is 416 g/mol. The van der Waals surface area contributed by atoms with Gasteiger partial charge in [0.25, 0.3) is 5.91 Å². The summed E-state index contributed by atoms with van der Waals surface area (Å²) in [7, 11) is -3.59. The Morgan fingerprint density at radius 3 is 2.39 bits per heavy atom. The molecule has 3 aliphatic rings. The number of benzene rings is 1. The number of carbonyl (C=O) groups is 1. The minimum Gasteiger partial charge on any atom is -0.360 e. The number of nitrogens with zero attached hydrogens (tertiary/aromatic N) is 2. The molecule has 3 fully saturated rings. The van der Waals surface area contributed by atoms with Gasteiger partial charge in [-0.3, -0.25) is 4.79 Å². The molecule has 2 aliphatic heterocycles. The largest absolute Gasteiger partial charge is 0.360 e. The molecule has 1 amide bonds. The highest BCUT2D eigenvalue weighted by Gasteiger charge is 2.47. The smallest absolute Gasteiger partial charge is 0.273 e. The van der Waals surface area contributed by atoms with Crippen LogP contribution in [0.5, 0.6) is 0 Å². The summed E-state index contributed by atoms with van der Waals surface area (Å²) < 4.78 is 33.6. The van der Waals surface area contributed by atoms with Crippen molar-refractivity contribution in [3.05, 3.63) is 47.3 Å². The molecule has 2 bridgehead atoms. The Morgan fingerprint density at radius 2 is 1.81 bits per heavy atom. The Kier molecular flexibility index (Phi) is 5.15. The molecule has 3 N–H and O–H groups in total. The quantitative estimate of drug-likeness (QED) is 0.707. The lowest BCUT2D eigenvalue weighted by atomic mass is 9.99. The van der Waals surface area contributed by atoms with Gasteiger partial charge in [-0.05, 0) is 63.1 Å². The molecule has 9 heteroatoms. The molecule has 2 saturated heterocycles. The molecule has 1 saturated carbocycles. The Hall–Kier alpha value is -2.23. The van der Waals surface area contributed by atoms with Crippen molar-refractivity contribution in [3.8, 4) is 0 Å². The highest BCUT2D eigenvalue weighted by Crippen LogP contribution is 2.41. The summed E-state index contributed by atoms with van der Waals surface area (Å²) in [5.41, 5.74) is 7.09. The molecular formula is C22H28N4O4S. The number of nitrogens with two attached hydrogens (primary N) is 1. The molecule has 8 nitrogen and oxygen atoms in total. The lowest BCUT2D eigenvalue weighted by molar-refractivity contribution is 0.0900. The number of rotatable bonds is 6. The summed E-state index contributed by atoms with van der Waals surface area (Å²) >= 11 is 0. The molecule has 1 aliphatic carbocycles. The number of piperidine rings is 1. The average Bonchev–Trinajstić information content (AvgIpc) is 3.40. The second-order valence-corrected chi connectivity index (χ2v) is 11.0. The number of hydrogen-bond acceptors (Lipinski definition) is 6. The maximum Gasteiger partial charge on any atom is 0.273 e. The third kappa shape index (κ3) is 3.90. The standard InChI is InChI=1S/C22H28N4O4S/c1-13(23)14-4-8-19(9-5-14)31(28,29)26-17-6-7-18(26)11-16(10-17)24-22(27)20-12-21(30-25-20)15-2-3-15/h4-5,8-9,12-13,15-18H,2-3,6-7,10-11,23H2,1H3,(H,24,27)/t13-,16?,17-,18+/m1/s1. The fourth-order valence-electron chi connectivity index (χ4n) is 4.93. The summed E-state index contributed by atoms with van der Waals surface area (Å²) in [6, 6.07) is 8.14. The summed E-state index contributed by atoms with van der Waals surface area (Å²) in [5, 5.41) is 6.95. The Morgan fingerprint density at radius 1 is 1.16 bits per heavy atom. The van der Waals surface area contributed by atoms with Crippen LogP contribution in [0.25, 0.3) is 0 Å². The first-order chi connectivity index (χ1) is 14.8. The summed E-state index contributed by atoms with van der Waals surface area (Å²) in [6.45, 7) is 1.87. The van der Waals surface area contributed by atoms with E-state index in [1.165, 1.54) is 0 Å². The van der Waals surface area contributed by atoms with Gasteiger partial charge in [-0.25, -0.2) is 8.42 Å². The van der Waals surface area contributed by atoms with E-state index in [1.807, 2.05) is 6.92 Å². The third-order valence-electron chi connectivity index (χ3n) is 6.72. The molecule has 5 rings (SSSR count). The molecule has 31 heavy (non-hydrogen) atoms. The molecule has 0 radical (unpaired) electrons. The maximum atomic E-state index is 13.3. The highest BCUT2D eigenvalue weighted by atomic mass is 32.2. The van der Waals surface area contributed by atoms with E-state index in [4.69, 9.17) is 10.3 Å². The van der Waals surface area contributed by atoms with E-state index in [0.29, 0.717) is 29.3 Å². The zero-order chi connectivity index (χ0) is 21.8. The lowest BCUT2D eigenvalue weighted by Gasteiger charge is -2.38. The first-order valence-corrected chi connectivity index (χ1v) is 12.4. The van der Waals surface area contributed by atoms with Gasteiger partial charge in [0.15, 0.2) is 5.69 Å². The third-order valence-corrected chi connectivity index (χ3v) is 8.74. The number of aromatic nitrogens is 1. The van der Waals surface area contributed by atoms with Gasteiger partial charge >= 0.3 is 0 Å². The van der Waals surface area contributed by atoms with Crippen molar-refractivity contribution in [3.63, 3.8) is 0 Å². The van der Waals surface area contributed by atoms with E-state index in [2.05, 4.69) is 10.5 Å². The van der Waals surface area contributed by atoms with Crippen LogP contribution in [0.15, 0.2) is 39.8 Å². The van der Waals surface area contributed by atoms with Crippen LogP contribution < -0.4 is 11.1 Å². The van der Waals surface area contributed by atoms with Gasteiger partial charge in [0, 0.05) is 36.2 Å². The second kappa shape index (κ2) is 7.72. The minimum atomic E-state index is -3.59. The first-order valence-electron chi connectivity index (χ1n) is 11.0. The average molecular weight is 445 g/mol. The first kappa shape index (κ1) is 20.7. The predicted octanol–water partition coefficient (Wildman–Crippen LogP) is 2.69. The molecule has 0 spiro atoms. The van der Waals surface area contributed by atoms with Crippen molar-refractivity contribution in [2.24, 2.45) is 5.73 Å². The number of nitrogens with one attached hydrogen (secondary N) is 1. The van der Waals surface area contributed by atoms with Crippen LogP contribution in [0, 0.1) is 0 Å². The highest BCUT2D eigenvalue weighted by molar-refractivity contribution is 7.89. The van der Waals surface area contributed by atoms with Gasteiger partial charge in [0.05, 0.1) is 4.90 Å². The van der Waals surface area contributed by atoms with Crippen LogP contribution in [0.2, 0.25) is 0 Å². The van der Waals surface area contributed by atoms with Crippen LogP contribution in [-0.2, 0) is 10.0 Å². The number of sulfonamides is 1. The Labute approximate surface area is 182 Å². The van der Waals surface area contributed by atoms with Crippen molar-refractivity contribution in [2.45, 2.75) is 80.4 Å². The van der Waals surface area contributed by atoms with Crippen molar-refractivity contribution in [1.29, 1.82) is 0 Å². The summed E-state index contributed by atoms with van der Waals surface area (Å²) in [6.07, 6.45) is 4.99. The molecule has 1 aromatic heterocycles. The van der Waals surface area contributed by atoms with Crippen LogP contribution in [0.1, 0.15) is 79.2 Å². The van der Waals surface area contributed by atoms with Crippen molar-refractivity contribution < 1.29 is 17.7 Å². The number of fused-ring (bicyclic) bond motifs is 2. The molecule has 166 valence electrons. The van der Waals surface area contributed by atoms with Gasteiger partial charge in [-0.2, -0.15) is 4.31 Å². The zero-order valence-corrected chi connectivity index (χ0v) is 18.3. The second-order valence-electron chi connectivity index (χ2n) is 9.11. The van der Waals surface area contributed by atoms with Gasteiger partial charge in [-0.1, -0.05) is 17.3 Å². The zero-order valence-electron chi connectivity index (χ0n) is 17.5. The maximum absolute atomic E-state index is 13.3. The monoisotopic (exact) mass is 444 g/mol. The van der Waals surface area contributed by atoms with E-state index >= 15 is 0 Å². The molecule has 1 aromatic carbocycles. The van der Waals surface area contributed by atoms with E-state index in [-0.39, 0.29) is 30.1 Å². The fourth-order valence-corrected chi connectivity index (χ4v) is 6.82. The van der Waals surface area contributed by atoms with Crippen LogP contribution >= 0.6 is 0 Å². The normalized spacial score (nSPS) is 27.2. The van der Waals surface area contributed by atoms with E-state index in [1.54, 1.807) is 34.6 Å². The van der Waals surface area contributed by atoms with Crippen molar-refractivity contribution >= 4 is 15.9 Å². The van der Waals surface area contributed by atoms with Gasteiger partial charge in [-0.15, -0.1) is 0 Å². The Balaban J connectivity index is 1.27. The SMILES string of the molecule is C[C@@H](N)c1ccc(S(=O)(=O)N2[C@@H]3CC[C@H]2CC(NC(=O)c2cc(C4CC4)on2)C3)cc1. The predicted molar refractivity (Wildman–Crippen MR) is 114 cm³/mol. The summed E-state index contributed by atoms with van der Waals surface area (Å²) in [4.78, 5) is 12.9.